The van der Waals surface area contributed by atoms with Gasteiger partial charge in [0.15, 0.2) is 0 Å². The van der Waals surface area contributed by atoms with Crippen LogP contribution in [0.15, 0.2) is 0 Å². The molecule has 2 saturated heterocycles. The molecule has 0 atom stereocenters. The summed E-state index contributed by atoms with van der Waals surface area (Å²) in [5.74, 6) is 0.550. The highest BCUT2D eigenvalue weighted by Crippen LogP contribution is 2.21. The van der Waals surface area contributed by atoms with Crippen molar-refractivity contribution in [3.8, 4) is 0 Å². The third-order valence-corrected chi connectivity index (χ3v) is 6.66. The molecule has 6 nitrogen and oxygen atoms in total. The van der Waals surface area contributed by atoms with Crippen LogP contribution in [0.25, 0.3) is 0 Å². The van der Waals surface area contributed by atoms with Crippen LogP contribution < -0.4 is 0 Å². The van der Waals surface area contributed by atoms with Crippen LogP contribution in [0.4, 0.5) is 0 Å². The Hall–Kier alpha value is -1.14. The van der Waals surface area contributed by atoms with Crippen LogP contribution in [0.1, 0.15) is 57.8 Å². The topological polar surface area (TPSA) is 47.1 Å². The Morgan fingerprint density at radius 2 is 1.26 bits per heavy atom. The highest BCUT2D eigenvalue weighted by molar-refractivity contribution is 5.79. The van der Waals surface area contributed by atoms with E-state index in [-0.39, 0.29) is 5.91 Å². The molecule has 3 fully saturated rings. The maximum absolute atomic E-state index is 12.6. The maximum atomic E-state index is 12.6. The normalized spacial score (nSPS) is 23.8. The van der Waals surface area contributed by atoms with E-state index in [9.17, 15) is 9.59 Å². The first-order chi connectivity index (χ1) is 13.1. The molecule has 0 bridgehead atoms. The van der Waals surface area contributed by atoms with Crippen molar-refractivity contribution in [1.82, 2.24) is 19.6 Å². The third kappa shape index (κ3) is 6.18. The van der Waals surface area contributed by atoms with Crippen molar-refractivity contribution < 1.29 is 9.59 Å². The molecule has 0 spiro atoms. The highest BCUT2D eigenvalue weighted by Gasteiger charge is 2.26. The number of hydrogen-bond donors (Lipinski definition) is 0. The van der Waals surface area contributed by atoms with Crippen molar-refractivity contribution in [2.75, 3.05) is 59.4 Å². The first-order valence-corrected chi connectivity index (χ1v) is 11.1. The molecule has 2 aliphatic heterocycles. The lowest BCUT2D eigenvalue weighted by Gasteiger charge is -2.37. The Balaban J connectivity index is 1.36. The second-order valence-corrected chi connectivity index (χ2v) is 8.64. The number of hydrogen-bond acceptors (Lipinski definition) is 4. The molecule has 27 heavy (non-hydrogen) atoms. The highest BCUT2D eigenvalue weighted by atomic mass is 16.2. The Labute approximate surface area is 164 Å². The molecule has 0 aromatic carbocycles. The summed E-state index contributed by atoms with van der Waals surface area (Å²) in [6.07, 6.45) is 11.0. The van der Waals surface area contributed by atoms with Crippen LogP contribution in [-0.4, -0.2) is 96.9 Å². The van der Waals surface area contributed by atoms with Gasteiger partial charge in [0.05, 0.1) is 13.1 Å². The van der Waals surface area contributed by atoms with Crippen LogP contribution in [0.3, 0.4) is 0 Å². The third-order valence-electron chi connectivity index (χ3n) is 6.66. The molecule has 0 radical (unpaired) electrons. The number of piperazine rings is 1. The molecule has 0 unspecified atom stereocenters. The maximum Gasteiger partial charge on any atom is 0.236 e. The summed E-state index contributed by atoms with van der Waals surface area (Å²) in [6.45, 7) is 6.49. The standard InChI is InChI=1S/C21H38N4O2/c1-22(19-9-5-4-6-10-19)20(26)17-23-13-15-24(16-14-23)18-21(27)25-11-7-2-3-8-12-25/h19H,2-18H2,1H3. The zero-order valence-corrected chi connectivity index (χ0v) is 17.2. The summed E-state index contributed by atoms with van der Waals surface area (Å²) >= 11 is 0. The van der Waals surface area contributed by atoms with Crippen molar-refractivity contribution in [2.45, 2.75) is 63.8 Å². The average Bonchev–Trinajstić information content (AvgIpc) is 2.99. The molecule has 1 saturated carbocycles. The van der Waals surface area contributed by atoms with E-state index in [0.29, 0.717) is 25.0 Å². The molecule has 0 N–H and O–H groups in total. The first-order valence-electron chi connectivity index (χ1n) is 11.1. The van der Waals surface area contributed by atoms with E-state index in [1.54, 1.807) is 0 Å². The molecule has 2 amide bonds. The van der Waals surface area contributed by atoms with Crippen molar-refractivity contribution in [3.63, 3.8) is 0 Å². The van der Waals surface area contributed by atoms with Gasteiger partial charge in [0.1, 0.15) is 0 Å². The fourth-order valence-corrected chi connectivity index (χ4v) is 4.69. The monoisotopic (exact) mass is 378 g/mol. The summed E-state index contributed by atoms with van der Waals surface area (Å²) in [5.41, 5.74) is 0. The van der Waals surface area contributed by atoms with E-state index in [2.05, 4.69) is 14.7 Å². The Kier molecular flexibility index (Phi) is 7.94. The second kappa shape index (κ2) is 10.4. The predicted octanol–water partition coefficient (Wildman–Crippen LogP) is 1.80. The Bertz CT molecular complexity index is 477. The van der Waals surface area contributed by atoms with Crippen LogP contribution in [0.5, 0.6) is 0 Å². The SMILES string of the molecule is CN(C(=O)CN1CCN(CC(=O)N2CCCCCC2)CC1)C1CCCCC1. The zero-order chi connectivity index (χ0) is 19.1. The number of likely N-dealkylation sites (tertiary alicyclic amines) is 1. The van der Waals surface area contributed by atoms with Crippen molar-refractivity contribution in [1.29, 1.82) is 0 Å². The Morgan fingerprint density at radius 3 is 1.85 bits per heavy atom. The van der Waals surface area contributed by atoms with Gasteiger partial charge in [-0.15, -0.1) is 0 Å². The lowest BCUT2D eigenvalue weighted by atomic mass is 9.94. The van der Waals surface area contributed by atoms with Gasteiger partial charge in [0.2, 0.25) is 11.8 Å². The minimum absolute atomic E-state index is 0.260. The first kappa shape index (κ1) is 20.6. The minimum Gasteiger partial charge on any atom is -0.342 e. The summed E-state index contributed by atoms with van der Waals surface area (Å²) < 4.78 is 0. The van der Waals surface area contributed by atoms with Gasteiger partial charge < -0.3 is 9.80 Å². The fraction of sp³-hybridized carbons (Fsp3) is 0.905. The molecule has 6 heteroatoms. The van der Waals surface area contributed by atoms with Crippen molar-refractivity contribution >= 4 is 11.8 Å². The van der Waals surface area contributed by atoms with Gasteiger partial charge in [0, 0.05) is 52.4 Å². The number of likely N-dealkylation sites (N-methyl/N-ethyl adjacent to an activating group) is 1. The molecular formula is C21H38N4O2. The van der Waals surface area contributed by atoms with E-state index >= 15 is 0 Å². The van der Waals surface area contributed by atoms with Gasteiger partial charge >= 0.3 is 0 Å². The summed E-state index contributed by atoms with van der Waals surface area (Å²) in [7, 11) is 1.98. The summed E-state index contributed by atoms with van der Waals surface area (Å²) in [5, 5.41) is 0. The summed E-state index contributed by atoms with van der Waals surface area (Å²) in [4.78, 5) is 33.7. The van der Waals surface area contributed by atoms with Crippen LogP contribution in [0, 0.1) is 0 Å². The van der Waals surface area contributed by atoms with Crippen molar-refractivity contribution in [2.24, 2.45) is 0 Å². The van der Waals surface area contributed by atoms with E-state index in [1.165, 1.54) is 32.1 Å². The van der Waals surface area contributed by atoms with E-state index in [1.807, 2.05) is 11.9 Å². The van der Waals surface area contributed by atoms with Gasteiger partial charge in [-0.1, -0.05) is 32.1 Å². The predicted molar refractivity (Wildman–Crippen MR) is 108 cm³/mol. The second-order valence-electron chi connectivity index (χ2n) is 8.64. The molecule has 2 heterocycles. The number of amides is 2. The van der Waals surface area contributed by atoms with Gasteiger partial charge in [-0.05, 0) is 25.7 Å². The van der Waals surface area contributed by atoms with E-state index in [0.717, 1.165) is 65.0 Å². The molecular weight excluding hydrogens is 340 g/mol. The van der Waals surface area contributed by atoms with Gasteiger partial charge in [-0.3, -0.25) is 19.4 Å². The van der Waals surface area contributed by atoms with Gasteiger partial charge in [0.25, 0.3) is 0 Å². The number of rotatable bonds is 5. The van der Waals surface area contributed by atoms with Crippen LogP contribution in [-0.2, 0) is 9.59 Å². The largest absolute Gasteiger partial charge is 0.342 e. The zero-order valence-electron chi connectivity index (χ0n) is 17.2. The van der Waals surface area contributed by atoms with Gasteiger partial charge in [-0.25, -0.2) is 0 Å². The molecule has 3 rings (SSSR count). The van der Waals surface area contributed by atoms with E-state index < -0.39 is 0 Å². The molecule has 1 aliphatic carbocycles. The number of carbonyl (C=O) groups excluding carboxylic acids is 2. The molecule has 0 aromatic heterocycles. The molecule has 3 aliphatic rings. The van der Waals surface area contributed by atoms with E-state index in [4.69, 9.17) is 0 Å². The number of nitrogens with zero attached hydrogens (tertiary/aromatic N) is 4. The average molecular weight is 379 g/mol. The Morgan fingerprint density at radius 1 is 0.741 bits per heavy atom. The van der Waals surface area contributed by atoms with Crippen LogP contribution >= 0.6 is 0 Å². The smallest absolute Gasteiger partial charge is 0.236 e. The lowest BCUT2D eigenvalue weighted by molar-refractivity contribution is -0.136. The fourth-order valence-electron chi connectivity index (χ4n) is 4.69. The van der Waals surface area contributed by atoms with Gasteiger partial charge in [-0.2, -0.15) is 0 Å². The minimum atomic E-state index is 0.260. The molecule has 154 valence electrons. The van der Waals surface area contributed by atoms with Crippen LogP contribution in [0.2, 0.25) is 0 Å². The summed E-state index contributed by atoms with van der Waals surface area (Å²) in [6, 6.07) is 0.443. The number of carbonyl (C=O) groups is 2. The molecule has 0 aromatic rings. The quantitative estimate of drug-likeness (QED) is 0.732. The van der Waals surface area contributed by atoms with Crippen molar-refractivity contribution in [3.05, 3.63) is 0 Å². The lowest BCUT2D eigenvalue weighted by Crippen LogP contribution is -2.52.